The molecular weight excluding hydrogens is 202 g/mol. The highest BCUT2D eigenvalue weighted by Crippen LogP contribution is 2.10. The van der Waals surface area contributed by atoms with Gasteiger partial charge in [-0.15, -0.1) is 0 Å². The van der Waals surface area contributed by atoms with Gasteiger partial charge >= 0.3 is 6.09 Å². The van der Waals surface area contributed by atoms with Gasteiger partial charge in [0.05, 0.1) is 0 Å². The Labute approximate surface area is 99.9 Å². The van der Waals surface area contributed by atoms with Crippen molar-refractivity contribution in [2.45, 2.75) is 78.4 Å². The van der Waals surface area contributed by atoms with Gasteiger partial charge in [-0.3, -0.25) is 0 Å². The number of alkyl carbamates (subject to hydrolysis) is 1. The van der Waals surface area contributed by atoms with E-state index in [1.165, 1.54) is 0 Å². The minimum atomic E-state index is -0.411. The molecule has 1 atom stereocenters. The minimum absolute atomic E-state index is 0.264. The second-order valence-corrected chi connectivity index (χ2v) is 5.27. The molecule has 0 rings (SSSR count). The number of rotatable bonds is 6. The first kappa shape index (κ1) is 15.3. The van der Waals surface area contributed by atoms with Crippen LogP contribution in [-0.2, 0) is 4.74 Å². The summed E-state index contributed by atoms with van der Waals surface area (Å²) in [5.41, 5.74) is -0.411. The summed E-state index contributed by atoms with van der Waals surface area (Å²) in [5, 5.41) is 2.95. The van der Waals surface area contributed by atoms with Crippen molar-refractivity contribution in [1.29, 1.82) is 0 Å². The molecule has 0 aromatic heterocycles. The molecule has 0 aliphatic heterocycles. The van der Waals surface area contributed by atoms with Crippen LogP contribution in [0.3, 0.4) is 0 Å². The van der Waals surface area contributed by atoms with Crippen molar-refractivity contribution in [3.05, 3.63) is 0 Å². The molecule has 0 aromatic carbocycles. The van der Waals surface area contributed by atoms with Crippen LogP contribution in [0, 0.1) is 0 Å². The molecule has 16 heavy (non-hydrogen) atoms. The summed E-state index contributed by atoms with van der Waals surface area (Å²) >= 11 is 0. The van der Waals surface area contributed by atoms with Crippen LogP contribution in [0.15, 0.2) is 0 Å². The first-order valence-electron chi connectivity index (χ1n) is 6.38. The molecule has 1 N–H and O–H groups in total. The topological polar surface area (TPSA) is 38.3 Å². The van der Waals surface area contributed by atoms with E-state index >= 15 is 0 Å². The van der Waals surface area contributed by atoms with E-state index in [0.29, 0.717) is 0 Å². The van der Waals surface area contributed by atoms with Crippen molar-refractivity contribution < 1.29 is 9.53 Å². The largest absolute Gasteiger partial charge is 0.444 e. The number of ether oxygens (including phenoxy) is 1. The van der Waals surface area contributed by atoms with Crippen molar-refractivity contribution in [3.8, 4) is 0 Å². The average Bonchev–Trinajstić information content (AvgIpc) is 2.11. The molecule has 0 saturated heterocycles. The Morgan fingerprint density at radius 3 is 2.25 bits per heavy atom. The van der Waals surface area contributed by atoms with E-state index in [4.69, 9.17) is 4.74 Å². The Bertz CT molecular complexity index is 197. The zero-order valence-corrected chi connectivity index (χ0v) is 11.4. The van der Waals surface area contributed by atoms with E-state index in [0.717, 1.165) is 32.1 Å². The fourth-order valence-corrected chi connectivity index (χ4v) is 1.56. The summed E-state index contributed by atoms with van der Waals surface area (Å²) < 4.78 is 5.24. The maximum atomic E-state index is 11.6. The molecular formula is C13H27NO2. The van der Waals surface area contributed by atoms with Crippen LogP contribution in [0.4, 0.5) is 4.79 Å². The van der Waals surface area contributed by atoms with E-state index in [1.54, 1.807) is 0 Å². The highest BCUT2D eigenvalue weighted by atomic mass is 16.6. The fourth-order valence-electron chi connectivity index (χ4n) is 1.56. The van der Waals surface area contributed by atoms with E-state index in [9.17, 15) is 4.79 Å². The van der Waals surface area contributed by atoms with Gasteiger partial charge in [-0.25, -0.2) is 4.79 Å². The summed E-state index contributed by atoms with van der Waals surface area (Å²) in [6, 6.07) is 0.264. The molecule has 0 aliphatic carbocycles. The lowest BCUT2D eigenvalue weighted by Gasteiger charge is -2.23. The van der Waals surface area contributed by atoms with E-state index in [1.807, 2.05) is 20.8 Å². The molecule has 1 amide bonds. The van der Waals surface area contributed by atoms with Gasteiger partial charge in [-0.05, 0) is 33.6 Å². The van der Waals surface area contributed by atoms with Crippen LogP contribution < -0.4 is 5.32 Å². The lowest BCUT2D eigenvalue weighted by Crippen LogP contribution is -2.39. The van der Waals surface area contributed by atoms with Crippen LogP contribution in [0.5, 0.6) is 0 Å². The smallest absolute Gasteiger partial charge is 0.407 e. The van der Waals surface area contributed by atoms with Crippen LogP contribution >= 0.6 is 0 Å². The van der Waals surface area contributed by atoms with Crippen molar-refractivity contribution in [2.24, 2.45) is 0 Å². The van der Waals surface area contributed by atoms with E-state index < -0.39 is 5.60 Å². The monoisotopic (exact) mass is 229 g/mol. The van der Waals surface area contributed by atoms with Gasteiger partial charge in [-0.2, -0.15) is 0 Å². The van der Waals surface area contributed by atoms with Crippen LogP contribution in [0.2, 0.25) is 0 Å². The second kappa shape index (κ2) is 7.53. The van der Waals surface area contributed by atoms with Gasteiger partial charge in [0.2, 0.25) is 0 Å². The third-order valence-electron chi connectivity index (χ3n) is 2.26. The second-order valence-electron chi connectivity index (χ2n) is 5.27. The molecule has 0 unspecified atom stereocenters. The summed E-state index contributed by atoms with van der Waals surface area (Å²) in [6.07, 6.45) is 5.19. The molecule has 0 spiro atoms. The maximum Gasteiger partial charge on any atom is 0.407 e. The Morgan fingerprint density at radius 2 is 1.81 bits per heavy atom. The summed E-state index contributed by atoms with van der Waals surface area (Å²) in [4.78, 5) is 11.6. The molecule has 0 radical (unpaired) electrons. The number of hydrogen-bond acceptors (Lipinski definition) is 2. The summed E-state index contributed by atoms with van der Waals surface area (Å²) in [5.74, 6) is 0. The first-order valence-corrected chi connectivity index (χ1v) is 6.38. The zero-order valence-electron chi connectivity index (χ0n) is 11.4. The normalized spacial score (nSPS) is 13.3. The van der Waals surface area contributed by atoms with Gasteiger partial charge < -0.3 is 10.1 Å². The van der Waals surface area contributed by atoms with Crippen LogP contribution in [0.25, 0.3) is 0 Å². The molecule has 0 aromatic rings. The number of nitrogens with one attached hydrogen (secondary N) is 1. The van der Waals surface area contributed by atoms with Gasteiger partial charge in [0.25, 0.3) is 0 Å². The van der Waals surface area contributed by atoms with Gasteiger partial charge in [0.15, 0.2) is 0 Å². The molecule has 96 valence electrons. The molecule has 3 heteroatoms. The average molecular weight is 229 g/mol. The van der Waals surface area contributed by atoms with Crippen molar-refractivity contribution in [1.82, 2.24) is 5.32 Å². The highest BCUT2D eigenvalue weighted by Gasteiger charge is 2.18. The zero-order chi connectivity index (χ0) is 12.6. The Morgan fingerprint density at radius 1 is 1.19 bits per heavy atom. The molecule has 0 saturated carbocycles. The van der Waals surface area contributed by atoms with E-state index in [-0.39, 0.29) is 12.1 Å². The summed E-state index contributed by atoms with van der Waals surface area (Å²) in [6.45, 7) is 9.94. The Balaban J connectivity index is 4.02. The summed E-state index contributed by atoms with van der Waals surface area (Å²) in [7, 11) is 0. The van der Waals surface area contributed by atoms with Crippen LogP contribution in [0.1, 0.15) is 66.7 Å². The number of carbonyl (C=O) groups is 1. The van der Waals surface area contributed by atoms with Crippen LogP contribution in [-0.4, -0.2) is 17.7 Å². The van der Waals surface area contributed by atoms with Gasteiger partial charge in [0, 0.05) is 6.04 Å². The number of carbonyl (C=O) groups excluding carboxylic acids is 1. The standard InChI is InChI=1S/C13H27NO2/c1-6-8-10-11(9-7-2)14-12(15)16-13(3,4)5/h11H,6-10H2,1-5H3,(H,14,15)/t11-/m1/s1. The number of unbranched alkanes of at least 4 members (excludes halogenated alkanes) is 1. The molecule has 3 nitrogen and oxygen atoms in total. The molecule has 0 heterocycles. The lowest BCUT2D eigenvalue weighted by atomic mass is 10.1. The molecule has 0 bridgehead atoms. The Hall–Kier alpha value is -0.730. The highest BCUT2D eigenvalue weighted by molar-refractivity contribution is 5.68. The first-order chi connectivity index (χ1) is 7.39. The van der Waals surface area contributed by atoms with Crippen molar-refractivity contribution in [3.63, 3.8) is 0 Å². The Kier molecular flexibility index (Phi) is 7.18. The third kappa shape index (κ3) is 8.57. The lowest BCUT2D eigenvalue weighted by molar-refractivity contribution is 0.0498. The predicted octanol–water partition coefficient (Wildman–Crippen LogP) is 3.87. The van der Waals surface area contributed by atoms with Crippen molar-refractivity contribution in [2.75, 3.05) is 0 Å². The quantitative estimate of drug-likeness (QED) is 0.751. The number of hydrogen-bond donors (Lipinski definition) is 1. The maximum absolute atomic E-state index is 11.6. The fraction of sp³-hybridized carbons (Fsp3) is 0.923. The number of amides is 1. The van der Waals surface area contributed by atoms with Crippen molar-refractivity contribution >= 4 is 6.09 Å². The van der Waals surface area contributed by atoms with Gasteiger partial charge in [-0.1, -0.05) is 33.1 Å². The molecule has 0 fully saturated rings. The predicted molar refractivity (Wildman–Crippen MR) is 67.6 cm³/mol. The third-order valence-corrected chi connectivity index (χ3v) is 2.26. The van der Waals surface area contributed by atoms with Gasteiger partial charge in [0.1, 0.15) is 5.60 Å². The minimum Gasteiger partial charge on any atom is -0.444 e. The van der Waals surface area contributed by atoms with E-state index in [2.05, 4.69) is 19.2 Å². The SMILES string of the molecule is CCCC[C@@H](CCC)NC(=O)OC(C)(C)C. The molecule has 0 aliphatic rings.